The van der Waals surface area contributed by atoms with E-state index in [4.69, 9.17) is 14.2 Å². The van der Waals surface area contributed by atoms with Gasteiger partial charge in [0.05, 0.1) is 14.2 Å². The fourth-order valence-corrected chi connectivity index (χ4v) is 1.91. The third kappa shape index (κ3) is 4.15. The number of ether oxygens (including phenoxy) is 3. The molecule has 5 nitrogen and oxygen atoms in total. The van der Waals surface area contributed by atoms with Crippen LogP contribution in [0.3, 0.4) is 0 Å². The van der Waals surface area contributed by atoms with Crippen molar-refractivity contribution in [2.24, 2.45) is 0 Å². The van der Waals surface area contributed by atoms with Crippen LogP contribution in [0, 0.1) is 6.92 Å². The van der Waals surface area contributed by atoms with E-state index in [-0.39, 0.29) is 6.61 Å². The van der Waals surface area contributed by atoms with Gasteiger partial charge in [-0.05, 0) is 36.8 Å². The van der Waals surface area contributed by atoms with E-state index in [2.05, 4.69) is 5.32 Å². The highest BCUT2D eigenvalue weighted by molar-refractivity contribution is 5.84. The van der Waals surface area contributed by atoms with Gasteiger partial charge in [-0.1, -0.05) is 23.8 Å². The van der Waals surface area contributed by atoms with E-state index in [1.165, 1.54) is 0 Å². The van der Waals surface area contributed by atoms with Crippen molar-refractivity contribution in [3.8, 4) is 11.5 Å². The Morgan fingerprint density at radius 3 is 2.32 bits per heavy atom. The molecule has 0 aliphatic carbocycles. The van der Waals surface area contributed by atoms with E-state index >= 15 is 0 Å². The first-order valence-electron chi connectivity index (χ1n) is 6.83. The van der Waals surface area contributed by atoms with Crippen LogP contribution in [0.25, 0.3) is 0 Å². The van der Waals surface area contributed by atoms with Gasteiger partial charge in [-0.2, -0.15) is 0 Å². The summed E-state index contributed by atoms with van der Waals surface area (Å²) in [6.45, 7) is 2.14. The molecule has 0 saturated carbocycles. The lowest BCUT2D eigenvalue weighted by Crippen LogP contribution is -2.13. The second-order valence-corrected chi connectivity index (χ2v) is 4.76. The smallest absolute Gasteiger partial charge is 0.411 e. The minimum Gasteiger partial charge on any atom is -0.493 e. The van der Waals surface area contributed by atoms with Crippen LogP contribution >= 0.6 is 0 Å². The lowest BCUT2D eigenvalue weighted by molar-refractivity contribution is 0.155. The van der Waals surface area contributed by atoms with Gasteiger partial charge in [0.15, 0.2) is 11.5 Å². The van der Waals surface area contributed by atoms with Gasteiger partial charge in [0.2, 0.25) is 0 Å². The summed E-state index contributed by atoms with van der Waals surface area (Å²) in [6, 6.07) is 12.9. The fourth-order valence-electron chi connectivity index (χ4n) is 1.91. The van der Waals surface area contributed by atoms with Crippen LogP contribution in [0.4, 0.5) is 10.5 Å². The Labute approximate surface area is 129 Å². The number of methoxy groups -OCH3 is 2. The van der Waals surface area contributed by atoms with E-state index in [9.17, 15) is 4.79 Å². The number of hydrogen-bond acceptors (Lipinski definition) is 4. The minimum absolute atomic E-state index is 0.151. The number of hydrogen-bond donors (Lipinski definition) is 1. The van der Waals surface area contributed by atoms with Crippen molar-refractivity contribution in [2.45, 2.75) is 13.5 Å². The quantitative estimate of drug-likeness (QED) is 0.913. The van der Waals surface area contributed by atoms with Gasteiger partial charge in [0.1, 0.15) is 6.61 Å². The molecule has 0 bridgehead atoms. The van der Waals surface area contributed by atoms with E-state index < -0.39 is 6.09 Å². The maximum absolute atomic E-state index is 11.8. The summed E-state index contributed by atoms with van der Waals surface area (Å²) in [5.41, 5.74) is 2.64. The third-order valence-corrected chi connectivity index (χ3v) is 3.12. The lowest BCUT2D eigenvalue weighted by atomic mass is 10.2. The van der Waals surface area contributed by atoms with Gasteiger partial charge >= 0.3 is 6.09 Å². The van der Waals surface area contributed by atoms with Gasteiger partial charge in [-0.25, -0.2) is 4.79 Å². The Morgan fingerprint density at radius 2 is 1.68 bits per heavy atom. The highest BCUT2D eigenvalue weighted by Crippen LogP contribution is 2.27. The molecule has 2 aromatic carbocycles. The average Bonchev–Trinajstić information content (AvgIpc) is 2.54. The van der Waals surface area contributed by atoms with Crippen molar-refractivity contribution in [1.29, 1.82) is 0 Å². The Kier molecular flexibility index (Phi) is 5.25. The second kappa shape index (κ2) is 7.36. The van der Waals surface area contributed by atoms with Crippen LogP contribution in [0.5, 0.6) is 11.5 Å². The molecule has 1 N–H and O–H groups in total. The number of rotatable bonds is 5. The van der Waals surface area contributed by atoms with Gasteiger partial charge < -0.3 is 14.2 Å². The summed E-state index contributed by atoms with van der Waals surface area (Å²) < 4.78 is 15.6. The predicted molar refractivity (Wildman–Crippen MR) is 84.5 cm³/mol. The number of aryl methyl sites for hydroxylation is 1. The number of carbonyl (C=O) groups is 1. The number of anilines is 1. The van der Waals surface area contributed by atoms with E-state index in [1.807, 2.05) is 37.3 Å². The van der Waals surface area contributed by atoms with Crippen LogP contribution < -0.4 is 14.8 Å². The summed E-state index contributed by atoms with van der Waals surface area (Å²) in [7, 11) is 3.13. The standard InChI is InChI=1S/C17H19NO4/c1-12-4-7-14(8-5-12)18-17(19)22-11-13-6-9-15(20-2)16(10-13)21-3/h4-10H,11H2,1-3H3,(H,18,19). The van der Waals surface area contributed by atoms with E-state index in [0.717, 1.165) is 11.1 Å². The molecular formula is C17H19NO4. The highest BCUT2D eigenvalue weighted by Gasteiger charge is 2.07. The topological polar surface area (TPSA) is 56.8 Å². The van der Waals surface area contributed by atoms with Crippen LogP contribution in [0.2, 0.25) is 0 Å². The fraction of sp³-hybridized carbons (Fsp3) is 0.235. The van der Waals surface area contributed by atoms with Crippen LogP contribution in [0.15, 0.2) is 42.5 Å². The molecular weight excluding hydrogens is 282 g/mol. The molecule has 1 amide bonds. The molecule has 0 atom stereocenters. The molecule has 22 heavy (non-hydrogen) atoms. The molecule has 2 aromatic rings. The van der Waals surface area contributed by atoms with Gasteiger partial charge in [0.25, 0.3) is 0 Å². The first-order chi connectivity index (χ1) is 10.6. The van der Waals surface area contributed by atoms with Crippen molar-refractivity contribution in [1.82, 2.24) is 0 Å². The van der Waals surface area contributed by atoms with Crippen molar-refractivity contribution >= 4 is 11.8 Å². The van der Waals surface area contributed by atoms with Crippen LogP contribution in [0.1, 0.15) is 11.1 Å². The first-order valence-corrected chi connectivity index (χ1v) is 6.83. The maximum atomic E-state index is 11.8. The highest BCUT2D eigenvalue weighted by atomic mass is 16.5. The average molecular weight is 301 g/mol. The summed E-state index contributed by atoms with van der Waals surface area (Å²) in [4.78, 5) is 11.8. The molecule has 0 heterocycles. The molecule has 5 heteroatoms. The third-order valence-electron chi connectivity index (χ3n) is 3.12. The lowest BCUT2D eigenvalue weighted by Gasteiger charge is -2.10. The van der Waals surface area contributed by atoms with Crippen molar-refractivity contribution < 1.29 is 19.0 Å². The second-order valence-electron chi connectivity index (χ2n) is 4.76. The summed E-state index contributed by atoms with van der Waals surface area (Å²) in [6.07, 6.45) is -0.501. The molecule has 0 fully saturated rings. The van der Waals surface area contributed by atoms with E-state index in [1.54, 1.807) is 26.4 Å². The Balaban J connectivity index is 1.92. The number of amides is 1. The Morgan fingerprint density at radius 1 is 1.00 bits per heavy atom. The minimum atomic E-state index is -0.501. The molecule has 0 saturated heterocycles. The zero-order valence-corrected chi connectivity index (χ0v) is 12.9. The Bertz CT molecular complexity index is 638. The van der Waals surface area contributed by atoms with Gasteiger partial charge in [0, 0.05) is 5.69 Å². The van der Waals surface area contributed by atoms with Crippen molar-refractivity contribution in [3.63, 3.8) is 0 Å². The number of nitrogens with one attached hydrogen (secondary N) is 1. The number of carbonyl (C=O) groups excluding carboxylic acids is 1. The number of benzene rings is 2. The molecule has 0 aromatic heterocycles. The molecule has 116 valence electrons. The largest absolute Gasteiger partial charge is 0.493 e. The first kappa shape index (κ1) is 15.7. The maximum Gasteiger partial charge on any atom is 0.411 e. The van der Waals surface area contributed by atoms with Gasteiger partial charge in [-0.15, -0.1) is 0 Å². The Hall–Kier alpha value is -2.69. The molecule has 0 radical (unpaired) electrons. The normalized spacial score (nSPS) is 9.95. The zero-order valence-electron chi connectivity index (χ0n) is 12.9. The van der Waals surface area contributed by atoms with Crippen molar-refractivity contribution in [3.05, 3.63) is 53.6 Å². The molecule has 2 rings (SSSR count). The summed E-state index contributed by atoms with van der Waals surface area (Å²) >= 11 is 0. The van der Waals surface area contributed by atoms with Gasteiger partial charge in [-0.3, -0.25) is 5.32 Å². The molecule has 0 aliphatic heterocycles. The zero-order chi connectivity index (χ0) is 15.9. The van der Waals surface area contributed by atoms with Crippen LogP contribution in [-0.4, -0.2) is 20.3 Å². The van der Waals surface area contributed by atoms with Crippen LogP contribution in [-0.2, 0) is 11.3 Å². The predicted octanol–water partition coefficient (Wildman–Crippen LogP) is 3.76. The molecule has 0 spiro atoms. The van der Waals surface area contributed by atoms with E-state index in [0.29, 0.717) is 17.2 Å². The summed E-state index contributed by atoms with van der Waals surface area (Å²) in [5, 5.41) is 2.67. The molecule has 0 aliphatic rings. The molecule has 0 unspecified atom stereocenters. The monoisotopic (exact) mass is 301 g/mol. The summed E-state index contributed by atoms with van der Waals surface area (Å²) in [5.74, 6) is 1.23. The SMILES string of the molecule is COc1ccc(COC(=O)Nc2ccc(C)cc2)cc1OC. The van der Waals surface area contributed by atoms with Crippen molar-refractivity contribution in [2.75, 3.05) is 19.5 Å².